The molecule has 1 aliphatic rings. The van der Waals surface area contributed by atoms with Crippen LogP contribution < -0.4 is 0 Å². The van der Waals surface area contributed by atoms with E-state index in [9.17, 15) is 9.50 Å². The first-order valence-corrected chi connectivity index (χ1v) is 6.80. The number of aliphatic hydroxyl groups is 1. The average Bonchev–Trinajstić information content (AvgIpc) is 2.70. The summed E-state index contributed by atoms with van der Waals surface area (Å²) in [6, 6.07) is 5.02. The number of rotatable bonds is 4. The third-order valence-electron chi connectivity index (χ3n) is 3.49. The predicted octanol–water partition coefficient (Wildman–Crippen LogP) is 3.21. The summed E-state index contributed by atoms with van der Waals surface area (Å²) < 4.78 is 13.7. The number of aliphatic hydroxyl groups excluding tert-OH is 1. The molecule has 0 radical (unpaired) electrons. The summed E-state index contributed by atoms with van der Waals surface area (Å²) in [6.45, 7) is 3.34. The summed E-state index contributed by atoms with van der Waals surface area (Å²) in [5.74, 6) is -0.206. The predicted molar refractivity (Wildman–Crippen MR) is 71.1 cm³/mol. The molecule has 1 fully saturated rings. The molecular formula is C14H19ClFNO. The van der Waals surface area contributed by atoms with Crippen molar-refractivity contribution in [2.75, 3.05) is 6.54 Å². The molecule has 1 aromatic rings. The van der Waals surface area contributed by atoms with Crippen LogP contribution in [0.3, 0.4) is 0 Å². The molecular weight excluding hydrogens is 253 g/mol. The molecule has 1 heterocycles. The summed E-state index contributed by atoms with van der Waals surface area (Å²) in [5, 5.41) is 10.0. The van der Waals surface area contributed by atoms with Crippen LogP contribution in [0, 0.1) is 5.82 Å². The van der Waals surface area contributed by atoms with E-state index in [0.29, 0.717) is 23.2 Å². The number of nitrogens with zero attached hydrogens (tertiary/aromatic N) is 1. The molecule has 1 N–H and O–H groups in total. The zero-order valence-electron chi connectivity index (χ0n) is 10.6. The normalized spacial score (nSPS) is 22.3. The first-order chi connectivity index (χ1) is 8.56. The van der Waals surface area contributed by atoms with Gasteiger partial charge in [-0.15, -0.1) is 0 Å². The Balaban J connectivity index is 2.05. The SMILES string of the molecule is CC(O)CC1CCCN1Cc1cc(Cl)ccc1F. The first kappa shape index (κ1) is 13.8. The molecule has 1 saturated heterocycles. The van der Waals surface area contributed by atoms with E-state index in [4.69, 9.17) is 11.6 Å². The second-order valence-corrected chi connectivity index (χ2v) is 5.52. The highest BCUT2D eigenvalue weighted by atomic mass is 35.5. The highest BCUT2D eigenvalue weighted by Crippen LogP contribution is 2.25. The number of hydrogen-bond donors (Lipinski definition) is 1. The molecule has 100 valence electrons. The molecule has 1 aliphatic heterocycles. The van der Waals surface area contributed by atoms with Crippen LogP contribution in [-0.4, -0.2) is 28.7 Å². The molecule has 0 aromatic heterocycles. The van der Waals surface area contributed by atoms with Gasteiger partial charge in [-0.1, -0.05) is 11.6 Å². The molecule has 0 amide bonds. The zero-order chi connectivity index (χ0) is 13.1. The zero-order valence-corrected chi connectivity index (χ0v) is 11.3. The number of halogens is 2. The minimum Gasteiger partial charge on any atom is -0.393 e. The Morgan fingerprint density at radius 2 is 2.33 bits per heavy atom. The second kappa shape index (κ2) is 6.00. The smallest absolute Gasteiger partial charge is 0.127 e. The molecule has 2 nitrogen and oxygen atoms in total. The van der Waals surface area contributed by atoms with Crippen LogP contribution >= 0.6 is 11.6 Å². The van der Waals surface area contributed by atoms with Crippen molar-refractivity contribution in [3.05, 3.63) is 34.6 Å². The third kappa shape index (κ3) is 3.44. The number of benzene rings is 1. The van der Waals surface area contributed by atoms with E-state index in [-0.39, 0.29) is 11.9 Å². The van der Waals surface area contributed by atoms with Crippen LogP contribution in [0.1, 0.15) is 31.7 Å². The molecule has 2 unspecified atom stereocenters. The summed E-state index contributed by atoms with van der Waals surface area (Å²) in [5.41, 5.74) is 0.639. The Hall–Kier alpha value is -0.640. The summed E-state index contributed by atoms with van der Waals surface area (Å²) >= 11 is 5.90. The maximum Gasteiger partial charge on any atom is 0.127 e. The van der Waals surface area contributed by atoms with Crippen molar-refractivity contribution in [2.45, 2.75) is 44.9 Å². The molecule has 1 aromatic carbocycles. The fourth-order valence-corrected chi connectivity index (χ4v) is 2.84. The molecule has 0 aliphatic carbocycles. The first-order valence-electron chi connectivity index (χ1n) is 6.42. The van der Waals surface area contributed by atoms with Gasteiger partial charge in [-0.05, 0) is 50.9 Å². The van der Waals surface area contributed by atoms with Crippen molar-refractivity contribution >= 4 is 11.6 Å². The van der Waals surface area contributed by atoms with Crippen molar-refractivity contribution in [3.8, 4) is 0 Å². The topological polar surface area (TPSA) is 23.5 Å². The van der Waals surface area contributed by atoms with Gasteiger partial charge in [-0.3, -0.25) is 4.90 Å². The molecule has 0 bridgehead atoms. The van der Waals surface area contributed by atoms with Gasteiger partial charge in [-0.2, -0.15) is 0 Å². The van der Waals surface area contributed by atoms with Crippen LogP contribution in [-0.2, 0) is 6.54 Å². The van der Waals surface area contributed by atoms with Crippen LogP contribution in [0.4, 0.5) is 4.39 Å². The van der Waals surface area contributed by atoms with Crippen LogP contribution in [0.5, 0.6) is 0 Å². The van der Waals surface area contributed by atoms with Gasteiger partial charge in [0.05, 0.1) is 6.10 Å². The fraction of sp³-hybridized carbons (Fsp3) is 0.571. The van der Waals surface area contributed by atoms with Crippen molar-refractivity contribution < 1.29 is 9.50 Å². The van der Waals surface area contributed by atoms with Gasteiger partial charge in [0, 0.05) is 23.2 Å². The quantitative estimate of drug-likeness (QED) is 0.909. The van der Waals surface area contributed by atoms with Gasteiger partial charge in [0.2, 0.25) is 0 Å². The fourth-order valence-electron chi connectivity index (χ4n) is 2.65. The van der Waals surface area contributed by atoms with Crippen LogP contribution in [0.25, 0.3) is 0 Å². The summed E-state index contributed by atoms with van der Waals surface area (Å²) in [4.78, 5) is 2.24. The van der Waals surface area contributed by atoms with Crippen LogP contribution in [0.15, 0.2) is 18.2 Å². The Morgan fingerprint density at radius 3 is 3.06 bits per heavy atom. The molecule has 2 rings (SSSR count). The third-order valence-corrected chi connectivity index (χ3v) is 3.73. The second-order valence-electron chi connectivity index (χ2n) is 5.09. The molecule has 2 atom stereocenters. The monoisotopic (exact) mass is 271 g/mol. The Kier molecular flexibility index (Phi) is 4.60. The van der Waals surface area contributed by atoms with E-state index in [0.717, 1.165) is 25.8 Å². The maximum atomic E-state index is 13.7. The van der Waals surface area contributed by atoms with Crippen molar-refractivity contribution in [2.24, 2.45) is 0 Å². The standard InChI is InChI=1S/C14H19ClFNO/c1-10(18)7-13-3-2-6-17(13)9-11-8-12(15)4-5-14(11)16/h4-5,8,10,13,18H,2-3,6-7,9H2,1H3. The molecule has 0 spiro atoms. The van der Waals surface area contributed by atoms with Gasteiger partial charge in [0.25, 0.3) is 0 Å². The molecule has 4 heteroatoms. The maximum absolute atomic E-state index is 13.7. The molecule has 18 heavy (non-hydrogen) atoms. The van der Waals surface area contributed by atoms with Crippen LogP contribution in [0.2, 0.25) is 5.02 Å². The van der Waals surface area contributed by atoms with E-state index in [1.54, 1.807) is 19.1 Å². The van der Waals surface area contributed by atoms with E-state index < -0.39 is 0 Å². The van der Waals surface area contributed by atoms with Gasteiger partial charge < -0.3 is 5.11 Å². The minimum absolute atomic E-state index is 0.206. The highest BCUT2D eigenvalue weighted by molar-refractivity contribution is 6.30. The average molecular weight is 272 g/mol. The van der Waals surface area contributed by atoms with E-state index >= 15 is 0 Å². The van der Waals surface area contributed by atoms with E-state index in [2.05, 4.69) is 4.90 Å². The molecule has 0 saturated carbocycles. The minimum atomic E-state index is -0.306. The Morgan fingerprint density at radius 1 is 1.56 bits per heavy atom. The van der Waals surface area contributed by atoms with Gasteiger partial charge in [0.1, 0.15) is 5.82 Å². The lowest BCUT2D eigenvalue weighted by Gasteiger charge is -2.25. The Bertz CT molecular complexity index is 411. The Labute approximate surface area is 112 Å². The van der Waals surface area contributed by atoms with Crippen molar-refractivity contribution in [1.29, 1.82) is 0 Å². The van der Waals surface area contributed by atoms with Gasteiger partial charge in [-0.25, -0.2) is 4.39 Å². The summed E-state index contributed by atoms with van der Waals surface area (Å²) in [6.07, 6.45) is 2.63. The van der Waals surface area contributed by atoms with Gasteiger partial charge >= 0.3 is 0 Å². The highest BCUT2D eigenvalue weighted by Gasteiger charge is 2.26. The van der Waals surface area contributed by atoms with E-state index in [1.807, 2.05) is 0 Å². The van der Waals surface area contributed by atoms with Crippen molar-refractivity contribution in [3.63, 3.8) is 0 Å². The lowest BCUT2D eigenvalue weighted by molar-refractivity contribution is 0.130. The number of likely N-dealkylation sites (tertiary alicyclic amines) is 1. The lowest BCUT2D eigenvalue weighted by Crippen LogP contribution is -2.31. The van der Waals surface area contributed by atoms with E-state index in [1.165, 1.54) is 6.07 Å². The number of hydrogen-bond acceptors (Lipinski definition) is 2. The lowest BCUT2D eigenvalue weighted by atomic mass is 10.1. The van der Waals surface area contributed by atoms with Gasteiger partial charge in [0.15, 0.2) is 0 Å². The van der Waals surface area contributed by atoms with Crippen molar-refractivity contribution in [1.82, 2.24) is 4.90 Å². The summed E-state index contributed by atoms with van der Waals surface area (Å²) in [7, 11) is 0. The largest absolute Gasteiger partial charge is 0.393 e.